The third-order valence-corrected chi connectivity index (χ3v) is 6.13. The van der Waals surface area contributed by atoms with Gasteiger partial charge in [-0.1, -0.05) is 0 Å². The summed E-state index contributed by atoms with van der Waals surface area (Å²) in [6.07, 6.45) is -3.09. The van der Waals surface area contributed by atoms with Crippen molar-refractivity contribution >= 4 is 17.6 Å². The molecule has 0 saturated carbocycles. The van der Waals surface area contributed by atoms with Gasteiger partial charge in [0.25, 0.3) is 0 Å². The molecular formula is C24H24F4N6O. The lowest BCUT2D eigenvalue weighted by molar-refractivity contribution is -0.137. The fourth-order valence-corrected chi connectivity index (χ4v) is 4.27. The molecular weight excluding hydrogens is 464 g/mol. The molecule has 2 fully saturated rings. The Labute approximate surface area is 200 Å². The van der Waals surface area contributed by atoms with E-state index in [9.17, 15) is 17.6 Å². The van der Waals surface area contributed by atoms with Crippen LogP contribution in [0.25, 0.3) is 11.3 Å². The van der Waals surface area contributed by atoms with Crippen molar-refractivity contribution in [3.8, 4) is 11.3 Å². The van der Waals surface area contributed by atoms with Crippen LogP contribution in [-0.2, 0) is 10.9 Å². The van der Waals surface area contributed by atoms with Crippen LogP contribution in [0.15, 0.2) is 48.7 Å². The van der Waals surface area contributed by atoms with Gasteiger partial charge in [0.1, 0.15) is 17.5 Å². The van der Waals surface area contributed by atoms with Crippen LogP contribution in [0.3, 0.4) is 0 Å². The number of anilines is 3. The van der Waals surface area contributed by atoms with Gasteiger partial charge in [-0.15, -0.1) is 0 Å². The maximum Gasteiger partial charge on any atom is 0.419 e. The molecule has 0 spiro atoms. The van der Waals surface area contributed by atoms with Gasteiger partial charge < -0.3 is 19.4 Å². The minimum Gasteiger partial charge on any atom is -0.378 e. The largest absolute Gasteiger partial charge is 0.419 e. The van der Waals surface area contributed by atoms with Gasteiger partial charge in [-0.25, -0.2) is 14.4 Å². The number of aromatic nitrogens is 3. The van der Waals surface area contributed by atoms with Crippen molar-refractivity contribution in [2.45, 2.75) is 6.18 Å². The SMILES string of the molecule is Fc1ccc(-c2cc(N3CCN(c4ncccc4C(F)(F)F)CC3)nc(N3CCOCC3)n2)cc1. The van der Waals surface area contributed by atoms with Crippen LogP contribution < -0.4 is 14.7 Å². The number of rotatable bonds is 4. The van der Waals surface area contributed by atoms with Gasteiger partial charge >= 0.3 is 6.18 Å². The van der Waals surface area contributed by atoms with Gasteiger partial charge in [0.2, 0.25) is 5.95 Å². The van der Waals surface area contributed by atoms with Gasteiger partial charge in [0, 0.05) is 57.1 Å². The Kier molecular flexibility index (Phi) is 6.42. The summed E-state index contributed by atoms with van der Waals surface area (Å²) in [5.41, 5.74) is 0.679. The second-order valence-corrected chi connectivity index (χ2v) is 8.36. The van der Waals surface area contributed by atoms with Crippen LogP contribution in [0.5, 0.6) is 0 Å². The normalized spacial score (nSPS) is 17.1. The number of morpholine rings is 1. The van der Waals surface area contributed by atoms with E-state index in [0.717, 1.165) is 11.6 Å². The van der Waals surface area contributed by atoms with Crippen molar-refractivity contribution < 1.29 is 22.3 Å². The number of hydrogen-bond donors (Lipinski definition) is 0. The van der Waals surface area contributed by atoms with E-state index in [-0.39, 0.29) is 11.6 Å². The van der Waals surface area contributed by atoms with Crippen LogP contribution in [0.4, 0.5) is 35.1 Å². The van der Waals surface area contributed by atoms with Crippen molar-refractivity contribution in [1.29, 1.82) is 0 Å². The van der Waals surface area contributed by atoms with E-state index in [0.29, 0.717) is 69.9 Å². The first-order valence-corrected chi connectivity index (χ1v) is 11.4. The fraction of sp³-hybridized carbons (Fsp3) is 0.375. The molecule has 2 aromatic heterocycles. The van der Waals surface area contributed by atoms with E-state index < -0.39 is 11.7 Å². The predicted molar refractivity (Wildman–Crippen MR) is 124 cm³/mol. The van der Waals surface area contributed by atoms with Gasteiger partial charge in [0.15, 0.2) is 0 Å². The number of halogens is 4. The summed E-state index contributed by atoms with van der Waals surface area (Å²) in [7, 11) is 0. The Hall–Kier alpha value is -3.47. The molecule has 2 saturated heterocycles. The molecule has 0 unspecified atom stereocenters. The van der Waals surface area contributed by atoms with Gasteiger partial charge in [-0.2, -0.15) is 18.2 Å². The standard InChI is InChI=1S/C24H24F4N6O/c25-18-5-3-17(4-6-18)20-16-21(31-23(30-20)34-12-14-35-15-13-34)32-8-10-33(11-9-32)22-19(24(26,27)28)2-1-7-29-22/h1-7,16H,8-15H2. The molecule has 3 aromatic rings. The predicted octanol–water partition coefficient (Wildman–Crippen LogP) is 3.86. The van der Waals surface area contributed by atoms with Crippen LogP contribution in [0.2, 0.25) is 0 Å². The molecule has 0 bridgehead atoms. The summed E-state index contributed by atoms with van der Waals surface area (Å²) in [6.45, 7) is 4.12. The van der Waals surface area contributed by atoms with Gasteiger partial charge in [-0.3, -0.25) is 0 Å². The van der Waals surface area contributed by atoms with Crippen LogP contribution in [-0.4, -0.2) is 67.4 Å². The smallest absolute Gasteiger partial charge is 0.378 e. The quantitative estimate of drug-likeness (QED) is 0.517. The number of benzene rings is 1. The number of nitrogens with zero attached hydrogens (tertiary/aromatic N) is 6. The van der Waals surface area contributed by atoms with Crippen LogP contribution >= 0.6 is 0 Å². The highest BCUT2D eigenvalue weighted by Crippen LogP contribution is 2.35. The number of hydrogen-bond acceptors (Lipinski definition) is 7. The minimum atomic E-state index is -4.47. The number of alkyl halides is 3. The summed E-state index contributed by atoms with van der Waals surface area (Å²) >= 11 is 0. The first-order valence-electron chi connectivity index (χ1n) is 11.4. The lowest BCUT2D eigenvalue weighted by atomic mass is 10.1. The molecule has 0 radical (unpaired) electrons. The second-order valence-electron chi connectivity index (χ2n) is 8.36. The fourth-order valence-electron chi connectivity index (χ4n) is 4.27. The highest BCUT2D eigenvalue weighted by Gasteiger charge is 2.36. The summed E-state index contributed by atoms with van der Waals surface area (Å²) < 4.78 is 59.3. The monoisotopic (exact) mass is 488 g/mol. The third kappa shape index (κ3) is 5.14. The first-order chi connectivity index (χ1) is 16.9. The van der Waals surface area contributed by atoms with Crippen molar-refractivity contribution in [2.75, 3.05) is 67.2 Å². The molecule has 35 heavy (non-hydrogen) atoms. The van der Waals surface area contributed by atoms with Crippen LogP contribution in [0.1, 0.15) is 5.56 Å². The lowest BCUT2D eigenvalue weighted by Crippen LogP contribution is -2.48. The van der Waals surface area contributed by atoms with E-state index in [1.807, 2.05) is 15.9 Å². The molecule has 7 nitrogen and oxygen atoms in total. The Morgan fingerprint density at radius 1 is 0.800 bits per heavy atom. The number of ether oxygens (including phenoxy) is 1. The Balaban J connectivity index is 1.41. The number of pyridine rings is 1. The third-order valence-electron chi connectivity index (χ3n) is 6.13. The summed E-state index contributed by atoms with van der Waals surface area (Å²) in [4.78, 5) is 19.2. The van der Waals surface area contributed by atoms with Crippen molar-refractivity contribution in [2.24, 2.45) is 0 Å². The van der Waals surface area contributed by atoms with E-state index >= 15 is 0 Å². The molecule has 5 rings (SSSR count). The molecule has 0 N–H and O–H groups in total. The lowest BCUT2D eigenvalue weighted by Gasteiger charge is -2.37. The highest BCUT2D eigenvalue weighted by atomic mass is 19.4. The maximum absolute atomic E-state index is 13.5. The zero-order valence-corrected chi connectivity index (χ0v) is 18.9. The Bertz CT molecular complexity index is 1160. The van der Waals surface area contributed by atoms with Gasteiger partial charge in [0.05, 0.1) is 24.5 Å². The Morgan fingerprint density at radius 2 is 1.49 bits per heavy atom. The van der Waals surface area contributed by atoms with E-state index in [2.05, 4.69) is 4.98 Å². The van der Waals surface area contributed by atoms with Crippen molar-refractivity contribution in [3.63, 3.8) is 0 Å². The molecule has 1 aromatic carbocycles. The molecule has 11 heteroatoms. The molecule has 4 heterocycles. The second kappa shape index (κ2) is 9.65. The highest BCUT2D eigenvalue weighted by molar-refractivity contribution is 5.65. The molecule has 0 amide bonds. The molecule has 184 valence electrons. The first kappa shape index (κ1) is 23.3. The van der Waals surface area contributed by atoms with E-state index in [1.54, 1.807) is 17.0 Å². The van der Waals surface area contributed by atoms with Gasteiger partial charge in [-0.05, 0) is 36.4 Å². The van der Waals surface area contributed by atoms with E-state index in [1.165, 1.54) is 24.4 Å². The molecule has 2 aliphatic rings. The summed E-state index contributed by atoms with van der Waals surface area (Å²) in [5.74, 6) is 0.845. The van der Waals surface area contributed by atoms with Crippen molar-refractivity contribution in [1.82, 2.24) is 15.0 Å². The molecule has 2 aliphatic heterocycles. The number of piperazine rings is 1. The minimum absolute atomic E-state index is 0.0525. The summed E-state index contributed by atoms with van der Waals surface area (Å²) in [6, 6.07) is 10.3. The molecule has 0 atom stereocenters. The Morgan fingerprint density at radius 3 is 2.17 bits per heavy atom. The van der Waals surface area contributed by atoms with Crippen LogP contribution in [0, 0.1) is 5.82 Å². The molecule has 0 aliphatic carbocycles. The maximum atomic E-state index is 13.5. The zero-order chi connectivity index (χ0) is 24.4. The zero-order valence-electron chi connectivity index (χ0n) is 18.9. The topological polar surface area (TPSA) is 57.6 Å². The average molecular weight is 488 g/mol. The van der Waals surface area contributed by atoms with E-state index in [4.69, 9.17) is 14.7 Å². The van der Waals surface area contributed by atoms with Crippen molar-refractivity contribution in [3.05, 3.63) is 60.0 Å². The average Bonchev–Trinajstić information content (AvgIpc) is 2.89. The summed E-state index contributed by atoms with van der Waals surface area (Å²) in [5, 5.41) is 0.